The standard InChI is InChI=1S/C11H23N/c1-4-11(5-2)8-10(9-11)6-7-12-3/h10,12H,4-9H2,1-3H3. The first-order valence-electron chi connectivity index (χ1n) is 5.41. The van der Waals surface area contributed by atoms with Gasteiger partial charge in [-0.25, -0.2) is 0 Å². The predicted octanol–water partition coefficient (Wildman–Crippen LogP) is 2.81. The first kappa shape index (κ1) is 10.0. The van der Waals surface area contributed by atoms with E-state index in [2.05, 4.69) is 19.2 Å². The lowest BCUT2D eigenvalue weighted by Crippen LogP contribution is -2.37. The maximum Gasteiger partial charge on any atom is -0.00493 e. The van der Waals surface area contributed by atoms with Gasteiger partial charge in [-0.1, -0.05) is 26.7 Å². The molecule has 0 spiro atoms. The first-order valence-corrected chi connectivity index (χ1v) is 5.41. The van der Waals surface area contributed by atoms with Gasteiger partial charge < -0.3 is 5.32 Å². The molecule has 1 aliphatic rings. The van der Waals surface area contributed by atoms with E-state index in [1.165, 1.54) is 38.6 Å². The molecule has 0 aromatic rings. The summed E-state index contributed by atoms with van der Waals surface area (Å²) in [7, 11) is 2.05. The van der Waals surface area contributed by atoms with Crippen molar-refractivity contribution < 1.29 is 0 Å². The van der Waals surface area contributed by atoms with E-state index in [1.807, 2.05) is 7.05 Å². The second-order valence-electron chi connectivity index (χ2n) is 4.37. The Morgan fingerprint density at radius 3 is 2.25 bits per heavy atom. The monoisotopic (exact) mass is 169 g/mol. The first-order chi connectivity index (χ1) is 5.76. The van der Waals surface area contributed by atoms with Crippen molar-refractivity contribution in [2.75, 3.05) is 13.6 Å². The Morgan fingerprint density at radius 2 is 1.83 bits per heavy atom. The van der Waals surface area contributed by atoms with Crippen LogP contribution in [-0.2, 0) is 0 Å². The average Bonchev–Trinajstić information content (AvgIpc) is 2.04. The molecule has 0 amide bonds. The van der Waals surface area contributed by atoms with Crippen LogP contribution in [-0.4, -0.2) is 13.6 Å². The van der Waals surface area contributed by atoms with Crippen LogP contribution in [0.25, 0.3) is 0 Å². The van der Waals surface area contributed by atoms with E-state index in [4.69, 9.17) is 0 Å². The molecule has 0 aromatic heterocycles. The van der Waals surface area contributed by atoms with Crippen LogP contribution in [0.2, 0.25) is 0 Å². The number of hydrogen-bond acceptors (Lipinski definition) is 1. The van der Waals surface area contributed by atoms with Gasteiger partial charge in [-0.05, 0) is 44.2 Å². The summed E-state index contributed by atoms with van der Waals surface area (Å²) >= 11 is 0. The number of rotatable bonds is 5. The second-order valence-corrected chi connectivity index (χ2v) is 4.37. The van der Waals surface area contributed by atoms with Crippen LogP contribution in [0.1, 0.15) is 46.0 Å². The van der Waals surface area contributed by atoms with E-state index in [1.54, 1.807) is 0 Å². The summed E-state index contributed by atoms with van der Waals surface area (Å²) in [5.74, 6) is 1.03. The Labute approximate surface area is 76.9 Å². The van der Waals surface area contributed by atoms with Gasteiger partial charge in [0.2, 0.25) is 0 Å². The molecule has 0 radical (unpaired) electrons. The van der Waals surface area contributed by atoms with Crippen LogP contribution < -0.4 is 5.32 Å². The molecule has 1 saturated carbocycles. The zero-order chi connectivity index (χ0) is 9.03. The molecule has 12 heavy (non-hydrogen) atoms. The number of hydrogen-bond donors (Lipinski definition) is 1. The van der Waals surface area contributed by atoms with Crippen molar-refractivity contribution in [1.82, 2.24) is 5.32 Å². The number of nitrogens with one attached hydrogen (secondary N) is 1. The zero-order valence-corrected chi connectivity index (χ0v) is 8.82. The quantitative estimate of drug-likeness (QED) is 0.667. The van der Waals surface area contributed by atoms with Crippen LogP contribution in [0, 0.1) is 11.3 Å². The third-order valence-electron chi connectivity index (χ3n) is 3.75. The van der Waals surface area contributed by atoms with Crippen molar-refractivity contribution in [2.45, 2.75) is 46.0 Å². The SMILES string of the molecule is CCC1(CC)CC(CCNC)C1. The highest BCUT2D eigenvalue weighted by Crippen LogP contribution is 2.51. The fraction of sp³-hybridized carbons (Fsp3) is 1.00. The highest BCUT2D eigenvalue weighted by atomic mass is 14.8. The van der Waals surface area contributed by atoms with Crippen LogP contribution >= 0.6 is 0 Å². The van der Waals surface area contributed by atoms with E-state index in [9.17, 15) is 0 Å². The molecule has 1 aliphatic carbocycles. The third-order valence-corrected chi connectivity index (χ3v) is 3.75. The van der Waals surface area contributed by atoms with Gasteiger partial charge in [0, 0.05) is 0 Å². The summed E-state index contributed by atoms with van der Waals surface area (Å²) in [6.45, 7) is 5.89. The van der Waals surface area contributed by atoms with Crippen molar-refractivity contribution in [1.29, 1.82) is 0 Å². The van der Waals surface area contributed by atoms with Crippen LogP contribution in [0.3, 0.4) is 0 Å². The third kappa shape index (κ3) is 2.01. The molecule has 72 valence electrons. The van der Waals surface area contributed by atoms with Crippen LogP contribution in [0.15, 0.2) is 0 Å². The minimum atomic E-state index is 0.748. The van der Waals surface area contributed by atoms with Gasteiger partial charge in [-0.2, -0.15) is 0 Å². The Kier molecular flexibility index (Phi) is 3.57. The van der Waals surface area contributed by atoms with Crippen molar-refractivity contribution >= 4 is 0 Å². The second kappa shape index (κ2) is 4.27. The molecule has 1 nitrogen and oxygen atoms in total. The summed E-state index contributed by atoms with van der Waals surface area (Å²) in [6, 6.07) is 0. The van der Waals surface area contributed by atoms with Gasteiger partial charge in [0.1, 0.15) is 0 Å². The largest absolute Gasteiger partial charge is 0.320 e. The molecule has 1 heteroatoms. The molecular weight excluding hydrogens is 146 g/mol. The molecule has 0 atom stereocenters. The van der Waals surface area contributed by atoms with Crippen LogP contribution in [0.4, 0.5) is 0 Å². The fourth-order valence-electron chi connectivity index (χ4n) is 2.54. The van der Waals surface area contributed by atoms with Crippen molar-refractivity contribution in [2.24, 2.45) is 11.3 Å². The van der Waals surface area contributed by atoms with Crippen molar-refractivity contribution in [3.05, 3.63) is 0 Å². The van der Waals surface area contributed by atoms with Crippen molar-refractivity contribution in [3.8, 4) is 0 Å². The predicted molar refractivity (Wildman–Crippen MR) is 54.3 cm³/mol. The van der Waals surface area contributed by atoms with Gasteiger partial charge in [-0.15, -0.1) is 0 Å². The lowest BCUT2D eigenvalue weighted by atomic mass is 9.58. The minimum absolute atomic E-state index is 0.748. The topological polar surface area (TPSA) is 12.0 Å². The molecule has 0 unspecified atom stereocenters. The lowest BCUT2D eigenvalue weighted by Gasteiger charge is -2.47. The molecule has 0 aliphatic heterocycles. The molecule has 1 rings (SSSR count). The Balaban J connectivity index is 2.16. The van der Waals surface area contributed by atoms with E-state index < -0.39 is 0 Å². The summed E-state index contributed by atoms with van der Waals surface area (Å²) in [4.78, 5) is 0. The summed E-state index contributed by atoms with van der Waals surface area (Å²) in [5.41, 5.74) is 0.748. The molecular formula is C11H23N. The maximum atomic E-state index is 3.23. The highest BCUT2D eigenvalue weighted by Gasteiger charge is 2.40. The minimum Gasteiger partial charge on any atom is -0.320 e. The molecule has 0 saturated heterocycles. The Hall–Kier alpha value is -0.0400. The normalized spacial score (nSPS) is 22.2. The van der Waals surface area contributed by atoms with Gasteiger partial charge >= 0.3 is 0 Å². The van der Waals surface area contributed by atoms with Gasteiger partial charge in [0.15, 0.2) is 0 Å². The van der Waals surface area contributed by atoms with Crippen LogP contribution in [0.5, 0.6) is 0 Å². The van der Waals surface area contributed by atoms with Gasteiger partial charge in [0.25, 0.3) is 0 Å². The highest BCUT2D eigenvalue weighted by molar-refractivity contribution is 4.91. The fourth-order valence-corrected chi connectivity index (χ4v) is 2.54. The van der Waals surface area contributed by atoms with E-state index in [0.29, 0.717) is 0 Å². The Bertz CT molecular complexity index is 119. The molecule has 0 aromatic carbocycles. The summed E-state index contributed by atoms with van der Waals surface area (Å²) in [5, 5.41) is 3.23. The molecule has 0 bridgehead atoms. The summed E-state index contributed by atoms with van der Waals surface area (Å²) < 4.78 is 0. The zero-order valence-electron chi connectivity index (χ0n) is 8.82. The summed E-state index contributed by atoms with van der Waals surface area (Å²) in [6.07, 6.45) is 7.14. The molecule has 1 fully saturated rings. The maximum absolute atomic E-state index is 3.23. The molecule has 0 heterocycles. The van der Waals surface area contributed by atoms with Crippen molar-refractivity contribution in [3.63, 3.8) is 0 Å². The molecule has 1 N–H and O–H groups in total. The Morgan fingerprint density at radius 1 is 1.25 bits per heavy atom. The average molecular weight is 169 g/mol. The van der Waals surface area contributed by atoms with E-state index in [0.717, 1.165) is 11.3 Å². The lowest BCUT2D eigenvalue weighted by molar-refractivity contribution is 0.0410. The smallest absolute Gasteiger partial charge is 0.00493 e. The van der Waals surface area contributed by atoms with E-state index in [-0.39, 0.29) is 0 Å². The van der Waals surface area contributed by atoms with E-state index >= 15 is 0 Å². The van der Waals surface area contributed by atoms with Gasteiger partial charge in [-0.3, -0.25) is 0 Å². The van der Waals surface area contributed by atoms with Gasteiger partial charge in [0.05, 0.1) is 0 Å².